The zero-order chi connectivity index (χ0) is 24.7. The molecule has 0 amide bonds. The lowest BCUT2D eigenvalue weighted by atomic mass is 10.1. The van der Waals surface area contributed by atoms with Crippen LogP contribution < -0.4 is 14.8 Å². The van der Waals surface area contributed by atoms with Gasteiger partial charge in [-0.2, -0.15) is 0 Å². The van der Waals surface area contributed by atoms with Crippen molar-refractivity contribution in [2.75, 3.05) is 5.32 Å². The normalized spacial score (nSPS) is 11.4. The van der Waals surface area contributed by atoms with Crippen LogP contribution in [0.5, 0.6) is 5.75 Å². The van der Waals surface area contributed by atoms with Crippen molar-refractivity contribution in [1.82, 2.24) is 14.7 Å². The molecule has 35 heavy (non-hydrogen) atoms. The number of para-hydroxylation sites is 1. The van der Waals surface area contributed by atoms with Crippen LogP contribution in [0.4, 0.5) is 11.5 Å². The van der Waals surface area contributed by atoms with E-state index in [1.165, 1.54) is 6.33 Å². The van der Waals surface area contributed by atoms with Gasteiger partial charge in [-0.25, -0.2) is 23.1 Å². The standard InChI is InChI=1S/C27H28N4O3S/c1-20(2)31-35(32,33)18-22-11-8-12-23(15-22)30-27-16-25(28-19-29-27)24-13-6-7-14-26(24)34-17-21-9-4-3-5-10-21/h3-16,19-20,31H,17-18H2,1-2H3,(H,28,29,30). The zero-order valence-corrected chi connectivity index (χ0v) is 20.5. The number of anilines is 2. The van der Waals surface area contributed by atoms with Crippen LogP contribution in [0, 0.1) is 0 Å². The highest BCUT2D eigenvalue weighted by atomic mass is 32.2. The molecule has 3 aromatic carbocycles. The highest BCUT2D eigenvalue weighted by molar-refractivity contribution is 7.88. The van der Waals surface area contributed by atoms with E-state index in [0.29, 0.717) is 23.7 Å². The monoisotopic (exact) mass is 488 g/mol. The molecule has 2 N–H and O–H groups in total. The van der Waals surface area contributed by atoms with E-state index in [1.54, 1.807) is 26.0 Å². The number of nitrogens with one attached hydrogen (secondary N) is 2. The second-order valence-electron chi connectivity index (χ2n) is 8.42. The molecule has 0 unspecified atom stereocenters. The molecule has 7 nitrogen and oxygen atoms in total. The van der Waals surface area contributed by atoms with E-state index in [4.69, 9.17) is 4.74 Å². The number of aromatic nitrogens is 2. The summed E-state index contributed by atoms with van der Waals surface area (Å²) in [5.41, 5.74) is 4.06. The van der Waals surface area contributed by atoms with Crippen molar-refractivity contribution in [3.8, 4) is 17.0 Å². The summed E-state index contributed by atoms with van der Waals surface area (Å²) in [5, 5.41) is 3.25. The van der Waals surface area contributed by atoms with Crippen LogP contribution >= 0.6 is 0 Å². The summed E-state index contributed by atoms with van der Waals surface area (Å²) in [5.74, 6) is 1.22. The van der Waals surface area contributed by atoms with Gasteiger partial charge in [-0.05, 0) is 49.2 Å². The van der Waals surface area contributed by atoms with E-state index in [-0.39, 0.29) is 11.8 Å². The third kappa shape index (κ3) is 7.11. The lowest BCUT2D eigenvalue weighted by molar-refractivity contribution is 0.307. The van der Waals surface area contributed by atoms with Crippen LogP contribution in [0.2, 0.25) is 0 Å². The predicted molar refractivity (Wildman–Crippen MR) is 139 cm³/mol. The molecule has 0 aliphatic heterocycles. The van der Waals surface area contributed by atoms with Gasteiger partial charge < -0.3 is 10.1 Å². The van der Waals surface area contributed by atoms with Crippen LogP contribution in [-0.2, 0) is 22.4 Å². The van der Waals surface area contributed by atoms with E-state index < -0.39 is 10.0 Å². The number of nitrogens with zero attached hydrogens (tertiary/aromatic N) is 2. The molecule has 1 heterocycles. The van der Waals surface area contributed by atoms with Gasteiger partial charge in [-0.3, -0.25) is 0 Å². The number of hydrogen-bond acceptors (Lipinski definition) is 6. The Morgan fingerprint density at radius 2 is 1.60 bits per heavy atom. The van der Waals surface area contributed by atoms with Crippen LogP contribution in [-0.4, -0.2) is 24.4 Å². The molecule has 0 atom stereocenters. The summed E-state index contributed by atoms with van der Waals surface area (Å²) in [4.78, 5) is 8.78. The first kappa shape index (κ1) is 24.4. The molecule has 4 rings (SSSR count). The van der Waals surface area contributed by atoms with Gasteiger partial charge in [0.25, 0.3) is 0 Å². The first-order chi connectivity index (χ1) is 16.9. The third-order valence-electron chi connectivity index (χ3n) is 5.04. The van der Waals surface area contributed by atoms with E-state index in [1.807, 2.05) is 72.8 Å². The van der Waals surface area contributed by atoms with E-state index >= 15 is 0 Å². The Balaban J connectivity index is 1.51. The molecular formula is C27H28N4O3S. The van der Waals surface area contributed by atoms with Crippen LogP contribution in [0.15, 0.2) is 91.3 Å². The Hall–Kier alpha value is -3.75. The maximum Gasteiger partial charge on any atom is 0.216 e. The fourth-order valence-electron chi connectivity index (χ4n) is 3.62. The van der Waals surface area contributed by atoms with Gasteiger partial charge in [0.05, 0.1) is 11.4 Å². The second kappa shape index (κ2) is 11.1. The summed E-state index contributed by atoms with van der Waals surface area (Å²) < 4.78 is 33.3. The molecule has 0 radical (unpaired) electrons. The summed E-state index contributed by atoms with van der Waals surface area (Å²) in [6.45, 7) is 4.05. The van der Waals surface area contributed by atoms with Gasteiger partial charge in [0.2, 0.25) is 10.0 Å². The minimum Gasteiger partial charge on any atom is -0.488 e. The molecule has 8 heteroatoms. The molecule has 0 saturated carbocycles. The van der Waals surface area contributed by atoms with Crippen molar-refractivity contribution in [2.45, 2.75) is 32.2 Å². The number of benzene rings is 3. The first-order valence-corrected chi connectivity index (χ1v) is 13.0. The SMILES string of the molecule is CC(C)NS(=O)(=O)Cc1cccc(Nc2cc(-c3ccccc3OCc3ccccc3)ncn2)c1. The third-order valence-corrected chi connectivity index (χ3v) is 6.58. The van der Waals surface area contributed by atoms with Gasteiger partial charge in [-0.15, -0.1) is 0 Å². The molecule has 0 aliphatic carbocycles. The minimum absolute atomic E-state index is 0.0954. The van der Waals surface area contributed by atoms with E-state index in [2.05, 4.69) is 20.0 Å². The number of ether oxygens (including phenoxy) is 1. The Morgan fingerprint density at radius 1 is 0.857 bits per heavy atom. The highest BCUT2D eigenvalue weighted by Crippen LogP contribution is 2.30. The van der Waals surface area contributed by atoms with Crippen molar-refractivity contribution >= 4 is 21.5 Å². The highest BCUT2D eigenvalue weighted by Gasteiger charge is 2.14. The lowest BCUT2D eigenvalue weighted by Crippen LogP contribution is -2.31. The van der Waals surface area contributed by atoms with Crippen molar-refractivity contribution < 1.29 is 13.2 Å². The summed E-state index contributed by atoms with van der Waals surface area (Å²) in [6, 6.07) is 26.7. The van der Waals surface area contributed by atoms with Crippen molar-refractivity contribution in [3.05, 3.63) is 102 Å². The van der Waals surface area contributed by atoms with Crippen molar-refractivity contribution in [1.29, 1.82) is 0 Å². The van der Waals surface area contributed by atoms with Crippen molar-refractivity contribution in [3.63, 3.8) is 0 Å². The topological polar surface area (TPSA) is 93.2 Å². The first-order valence-electron chi connectivity index (χ1n) is 11.3. The van der Waals surface area contributed by atoms with Crippen LogP contribution in [0.1, 0.15) is 25.0 Å². The lowest BCUT2D eigenvalue weighted by Gasteiger charge is -2.13. The fourth-order valence-corrected chi connectivity index (χ4v) is 5.04. The number of sulfonamides is 1. The van der Waals surface area contributed by atoms with Gasteiger partial charge >= 0.3 is 0 Å². The molecule has 0 saturated heterocycles. The average Bonchev–Trinajstić information content (AvgIpc) is 2.83. The quantitative estimate of drug-likeness (QED) is 0.315. The average molecular weight is 489 g/mol. The molecule has 0 bridgehead atoms. The van der Waals surface area contributed by atoms with Gasteiger partial charge in [0.1, 0.15) is 24.5 Å². The predicted octanol–water partition coefficient (Wildman–Crippen LogP) is 5.29. The largest absolute Gasteiger partial charge is 0.488 e. The molecule has 0 fully saturated rings. The minimum atomic E-state index is -3.41. The van der Waals surface area contributed by atoms with Crippen molar-refractivity contribution in [2.24, 2.45) is 0 Å². The van der Waals surface area contributed by atoms with E-state index in [0.717, 1.165) is 22.6 Å². The van der Waals surface area contributed by atoms with Gasteiger partial charge in [-0.1, -0.05) is 54.6 Å². The Morgan fingerprint density at radius 3 is 2.40 bits per heavy atom. The molecule has 0 aliphatic rings. The summed E-state index contributed by atoms with van der Waals surface area (Å²) >= 11 is 0. The van der Waals surface area contributed by atoms with E-state index in [9.17, 15) is 8.42 Å². The molecule has 4 aromatic rings. The fraction of sp³-hybridized carbons (Fsp3) is 0.185. The smallest absolute Gasteiger partial charge is 0.216 e. The van der Waals surface area contributed by atoms with Crippen LogP contribution in [0.3, 0.4) is 0 Å². The second-order valence-corrected chi connectivity index (χ2v) is 10.2. The van der Waals surface area contributed by atoms with Crippen LogP contribution in [0.25, 0.3) is 11.3 Å². The maximum atomic E-state index is 12.3. The molecule has 0 spiro atoms. The molecular weight excluding hydrogens is 460 g/mol. The summed E-state index contributed by atoms with van der Waals surface area (Å²) in [6.07, 6.45) is 1.49. The molecule has 180 valence electrons. The maximum absolute atomic E-state index is 12.3. The Kier molecular flexibility index (Phi) is 7.74. The van der Waals surface area contributed by atoms with Gasteiger partial charge in [0.15, 0.2) is 0 Å². The Labute approximate surface area is 206 Å². The zero-order valence-electron chi connectivity index (χ0n) is 19.7. The number of hydrogen-bond donors (Lipinski definition) is 2. The summed E-state index contributed by atoms with van der Waals surface area (Å²) in [7, 11) is -3.41. The van der Waals surface area contributed by atoms with Gasteiger partial charge in [0, 0.05) is 23.4 Å². The molecule has 1 aromatic heterocycles. The Bertz CT molecular complexity index is 1380. The number of rotatable bonds is 10.